The second kappa shape index (κ2) is 15.9. The Bertz CT molecular complexity index is 502. The fourth-order valence-corrected chi connectivity index (χ4v) is 8.16. The molecule has 3 unspecified atom stereocenters. The molecule has 34 heavy (non-hydrogen) atoms. The summed E-state index contributed by atoms with van der Waals surface area (Å²) in [7, 11) is 0. The van der Waals surface area contributed by atoms with Gasteiger partial charge >= 0.3 is 0 Å². The molecule has 0 aromatic carbocycles. The van der Waals surface area contributed by atoms with Crippen molar-refractivity contribution in [3.63, 3.8) is 0 Å². The molecule has 0 amide bonds. The Hall–Kier alpha value is -0.0800. The first-order valence-electron chi connectivity index (χ1n) is 16.2. The zero-order valence-electron chi connectivity index (χ0n) is 23.5. The predicted octanol–water partition coefficient (Wildman–Crippen LogP) is 9.32. The molecule has 0 bridgehead atoms. The highest BCUT2D eigenvalue weighted by molar-refractivity contribution is 5.10. The maximum atomic E-state index is 4.46. The summed E-state index contributed by atoms with van der Waals surface area (Å²) in [5.41, 5.74) is 0.809. The van der Waals surface area contributed by atoms with E-state index in [1.54, 1.807) is 0 Å². The zero-order valence-corrected chi connectivity index (χ0v) is 23.5. The Balaban J connectivity index is 1.40. The first-order valence-corrected chi connectivity index (χ1v) is 16.2. The van der Waals surface area contributed by atoms with Gasteiger partial charge in [-0.25, -0.2) is 0 Å². The first-order chi connectivity index (χ1) is 16.7. The monoisotopic (exact) mass is 474 g/mol. The van der Waals surface area contributed by atoms with E-state index >= 15 is 0 Å². The molecule has 2 N–H and O–H groups in total. The number of hydrogen-bond donors (Lipinski definition) is 2. The molecule has 3 fully saturated rings. The summed E-state index contributed by atoms with van der Waals surface area (Å²) in [6, 6.07) is 0. The summed E-state index contributed by atoms with van der Waals surface area (Å²) >= 11 is 0. The molecule has 2 nitrogen and oxygen atoms in total. The minimum Gasteiger partial charge on any atom is -0.313 e. The van der Waals surface area contributed by atoms with E-state index in [0.29, 0.717) is 11.1 Å². The Morgan fingerprint density at radius 2 is 1.24 bits per heavy atom. The highest BCUT2D eigenvalue weighted by Crippen LogP contribution is 2.45. The molecule has 2 spiro atoms. The van der Waals surface area contributed by atoms with Crippen molar-refractivity contribution in [2.24, 2.45) is 11.8 Å². The van der Waals surface area contributed by atoms with Crippen molar-refractivity contribution in [3.05, 3.63) is 0 Å². The molecule has 3 rings (SSSR count). The van der Waals surface area contributed by atoms with Gasteiger partial charge in [-0.05, 0) is 37.5 Å². The largest absolute Gasteiger partial charge is 0.313 e. The minimum absolute atomic E-state index is 0.394. The molecule has 1 heterocycles. The van der Waals surface area contributed by atoms with E-state index in [-0.39, 0.29) is 0 Å². The number of unbranched alkanes of at least 4 members (excludes halogenated alkanes) is 11. The molecule has 1 saturated heterocycles. The fraction of sp³-hybridized carbons (Fsp3) is 1.00. The van der Waals surface area contributed by atoms with Crippen molar-refractivity contribution in [1.82, 2.24) is 10.6 Å². The van der Waals surface area contributed by atoms with Crippen molar-refractivity contribution in [2.45, 2.75) is 179 Å². The van der Waals surface area contributed by atoms with Gasteiger partial charge in [0.25, 0.3) is 0 Å². The van der Waals surface area contributed by atoms with E-state index in [9.17, 15) is 0 Å². The summed E-state index contributed by atoms with van der Waals surface area (Å²) in [6.45, 7) is 7.20. The van der Waals surface area contributed by atoms with Gasteiger partial charge in [-0.15, -0.1) is 0 Å². The van der Waals surface area contributed by atoms with E-state index in [0.717, 1.165) is 11.8 Å². The molecule has 2 aliphatic carbocycles. The van der Waals surface area contributed by atoms with E-state index in [2.05, 4.69) is 24.5 Å². The topological polar surface area (TPSA) is 24.1 Å². The van der Waals surface area contributed by atoms with Gasteiger partial charge < -0.3 is 10.6 Å². The standard InChI is InChI=1S/C32H62N2/c1-3-5-6-7-8-9-10-11-12-13-14-16-22-29(21-4-2)30-23-17-20-26-32(30)28-33-27-31(34-32)24-18-15-19-25-31/h29-30,33-34H,3-28H2,1-2H3. The summed E-state index contributed by atoms with van der Waals surface area (Å²) in [5.74, 6) is 1.85. The molecule has 3 atom stereocenters. The van der Waals surface area contributed by atoms with Crippen LogP contribution in [0.2, 0.25) is 0 Å². The minimum atomic E-state index is 0.394. The molecule has 0 aromatic rings. The van der Waals surface area contributed by atoms with Crippen LogP contribution >= 0.6 is 0 Å². The second-order valence-corrected chi connectivity index (χ2v) is 12.8. The zero-order chi connectivity index (χ0) is 24.0. The van der Waals surface area contributed by atoms with Crippen LogP contribution in [0.4, 0.5) is 0 Å². The molecule has 3 aliphatic rings. The lowest BCUT2D eigenvalue weighted by Crippen LogP contribution is -2.74. The van der Waals surface area contributed by atoms with Crippen molar-refractivity contribution in [1.29, 1.82) is 0 Å². The molecule has 2 heteroatoms. The van der Waals surface area contributed by atoms with Crippen LogP contribution in [0.25, 0.3) is 0 Å². The summed E-state index contributed by atoms with van der Waals surface area (Å²) in [6.07, 6.45) is 34.9. The predicted molar refractivity (Wildman–Crippen MR) is 151 cm³/mol. The highest BCUT2D eigenvalue weighted by atomic mass is 15.2. The molecule has 1 aliphatic heterocycles. The first kappa shape index (κ1) is 28.5. The van der Waals surface area contributed by atoms with Crippen LogP contribution in [0.15, 0.2) is 0 Å². The molecule has 0 radical (unpaired) electrons. The van der Waals surface area contributed by atoms with E-state index in [1.165, 1.54) is 167 Å². The number of rotatable bonds is 16. The van der Waals surface area contributed by atoms with E-state index in [4.69, 9.17) is 0 Å². The smallest absolute Gasteiger partial charge is 0.0342 e. The van der Waals surface area contributed by atoms with Gasteiger partial charge in [-0.1, -0.05) is 142 Å². The fourth-order valence-electron chi connectivity index (χ4n) is 8.16. The van der Waals surface area contributed by atoms with Crippen LogP contribution in [-0.2, 0) is 0 Å². The van der Waals surface area contributed by atoms with Crippen LogP contribution in [0.1, 0.15) is 168 Å². The lowest BCUT2D eigenvalue weighted by atomic mass is 9.62. The van der Waals surface area contributed by atoms with Crippen LogP contribution in [-0.4, -0.2) is 24.2 Å². The van der Waals surface area contributed by atoms with E-state index in [1.807, 2.05) is 0 Å². The van der Waals surface area contributed by atoms with Crippen molar-refractivity contribution in [2.75, 3.05) is 13.1 Å². The van der Waals surface area contributed by atoms with Crippen molar-refractivity contribution < 1.29 is 0 Å². The molecular formula is C32H62N2. The maximum Gasteiger partial charge on any atom is 0.0342 e. The van der Waals surface area contributed by atoms with Crippen LogP contribution in [0, 0.1) is 11.8 Å². The summed E-state index contributed by atoms with van der Waals surface area (Å²) < 4.78 is 0. The van der Waals surface area contributed by atoms with Gasteiger partial charge in [-0.3, -0.25) is 0 Å². The summed E-state index contributed by atoms with van der Waals surface area (Å²) in [4.78, 5) is 0. The average Bonchev–Trinajstić information content (AvgIpc) is 2.85. The van der Waals surface area contributed by atoms with Crippen LogP contribution in [0.5, 0.6) is 0 Å². The lowest BCUT2D eigenvalue weighted by Gasteiger charge is -2.58. The van der Waals surface area contributed by atoms with Crippen molar-refractivity contribution >= 4 is 0 Å². The van der Waals surface area contributed by atoms with E-state index < -0.39 is 0 Å². The van der Waals surface area contributed by atoms with Gasteiger partial charge in [0.1, 0.15) is 0 Å². The third-order valence-corrected chi connectivity index (χ3v) is 9.98. The maximum absolute atomic E-state index is 4.46. The SMILES string of the molecule is CCCCCCCCCCCCCCC(CCC)C1CCCCC12CNCC1(CCCCC1)N2. The molecule has 200 valence electrons. The van der Waals surface area contributed by atoms with Gasteiger partial charge in [0.05, 0.1) is 0 Å². The van der Waals surface area contributed by atoms with Gasteiger partial charge in [0.15, 0.2) is 0 Å². The third-order valence-electron chi connectivity index (χ3n) is 9.98. The molecule has 0 aromatic heterocycles. The Morgan fingerprint density at radius 3 is 1.88 bits per heavy atom. The third kappa shape index (κ3) is 8.79. The van der Waals surface area contributed by atoms with Gasteiger partial charge in [0.2, 0.25) is 0 Å². The quantitative estimate of drug-likeness (QED) is 0.218. The number of nitrogens with one attached hydrogen (secondary N) is 2. The highest BCUT2D eigenvalue weighted by Gasteiger charge is 2.50. The van der Waals surface area contributed by atoms with Crippen LogP contribution in [0.3, 0.4) is 0 Å². The lowest BCUT2D eigenvalue weighted by molar-refractivity contribution is 0.00979. The van der Waals surface area contributed by atoms with Gasteiger partial charge in [0, 0.05) is 24.2 Å². The Labute approximate surface area is 214 Å². The number of hydrogen-bond acceptors (Lipinski definition) is 2. The number of piperazine rings is 1. The molecular weight excluding hydrogens is 412 g/mol. The second-order valence-electron chi connectivity index (χ2n) is 12.8. The van der Waals surface area contributed by atoms with Crippen molar-refractivity contribution in [3.8, 4) is 0 Å². The van der Waals surface area contributed by atoms with Crippen LogP contribution < -0.4 is 10.6 Å². The normalized spacial score (nSPS) is 27.9. The summed E-state index contributed by atoms with van der Waals surface area (Å²) in [5, 5.41) is 8.44. The average molecular weight is 475 g/mol. The molecule has 2 saturated carbocycles. The van der Waals surface area contributed by atoms with Gasteiger partial charge in [-0.2, -0.15) is 0 Å². The Kier molecular flexibility index (Phi) is 13.3. The Morgan fingerprint density at radius 1 is 0.618 bits per heavy atom.